The maximum Gasteiger partial charge on any atom is 0.336 e. The molecule has 18 atom stereocenters. The van der Waals surface area contributed by atoms with Gasteiger partial charge in [-0.05, 0) is 190 Å². The van der Waals surface area contributed by atoms with E-state index in [1.165, 1.54) is 0 Å². The van der Waals surface area contributed by atoms with Gasteiger partial charge in [-0.3, -0.25) is 38.4 Å². The highest BCUT2D eigenvalue weighted by Crippen LogP contribution is 2.44. The van der Waals surface area contributed by atoms with Crippen LogP contribution in [0.5, 0.6) is 0 Å². The molecule has 6 aliphatic heterocycles. The van der Waals surface area contributed by atoms with Crippen LogP contribution in [0.1, 0.15) is 199 Å². The van der Waals surface area contributed by atoms with E-state index in [4.69, 9.17) is 61.9 Å². The second-order valence-electron chi connectivity index (χ2n) is 34.7. The zero-order valence-electron chi connectivity index (χ0n) is 69.3. The van der Waals surface area contributed by atoms with Crippen molar-refractivity contribution in [1.29, 1.82) is 0 Å². The molecule has 0 amide bonds. The summed E-state index contributed by atoms with van der Waals surface area (Å²) in [7, 11) is 0. The Morgan fingerprint density at radius 2 is 0.431 bits per heavy atom. The number of hydrogen-bond acceptors (Lipinski definition) is 30. The van der Waals surface area contributed by atoms with Crippen LogP contribution in [0.4, 0.5) is 0 Å². The second kappa shape index (κ2) is 42.6. The highest BCUT2D eigenvalue weighted by atomic mass is 16.6. The van der Waals surface area contributed by atoms with Gasteiger partial charge in [0.15, 0.2) is 0 Å². The molecule has 680 valence electrons. The Morgan fingerprint density at radius 3 is 0.610 bits per heavy atom. The first kappa shape index (κ1) is 91.4. The summed E-state index contributed by atoms with van der Waals surface area (Å²) in [6.45, 7) is -1.14. The lowest BCUT2D eigenvalue weighted by atomic mass is 9.90. The number of aliphatic carboxylic acids is 2. The van der Waals surface area contributed by atoms with Crippen LogP contribution in [0.25, 0.3) is 0 Å². The topological polar surface area (TPSA) is 526 Å². The number of aliphatic hydroxyl groups is 1. The van der Waals surface area contributed by atoms with Crippen molar-refractivity contribution in [2.45, 2.75) is 331 Å². The number of fused-ring (bicyclic) bond motifs is 6. The van der Waals surface area contributed by atoms with Crippen LogP contribution in [0.3, 0.4) is 0 Å². The molecule has 3 aromatic heterocycles. The summed E-state index contributed by atoms with van der Waals surface area (Å²) in [5.74, 6) is -3.69. The third-order valence-corrected chi connectivity index (χ3v) is 25.5. The third kappa shape index (κ3) is 26.0. The zero-order valence-corrected chi connectivity index (χ0v) is 69.3. The summed E-state index contributed by atoms with van der Waals surface area (Å²) in [5.41, 5.74) is -8.31. The lowest BCUT2D eigenvalue weighted by Crippen LogP contribution is -2.55. The summed E-state index contributed by atoms with van der Waals surface area (Å²) in [6, 6.07) is 0. The van der Waals surface area contributed by atoms with Crippen molar-refractivity contribution < 1.29 is 111 Å². The first-order valence-corrected chi connectivity index (χ1v) is 44.0. The summed E-state index contributed by atoms with van der Waals surface area (Å²) >= 11 is 0. The average Bonchev–Trinajstić information content (AvgIpc) is 1.73. The van der Waals surface area contributed by atoms with Gasteiger partial charge < -0.3 is 72.2 Å². The van der Waals surface area contributed by atoms with E-state index in [1.54, 1.807) is 0 Å². The van der Waals surface area contributed by atoms with Gasteiger partial charge in [-0.25, -0.2) is 84.3 Å². The van der Waals surface area contributed by atoms with Crippen molar-refractivity contribution in [2.24, 2.45) is 35.5 Å². The Balaban J connectivity index is 0.000000159. The monoisotopic (exact) mass is 1740 g/mol. The molecule has 6 aliphatic carbocycles. The second-order valence-corrected chi connectivity index (χ2v) is 34.7. The Labute approximate surface area is 703 Å². The van der Waals surface area contributed by atoms with Crippen LogP contribution >= 0.6 is 0 Å². The number of epoxide rings is 6. The number of aromatic nitrogens is 9. The number of hydrogen-bond donors (Lipinski definition) is 3. The molecule has 123 heavy (non-hydrogen) atoms. The summed E-state index contributed by atoms with van der Waals surface area (Å²) < 4.78 is 72.1. The van der Waals surface area contributed by atoms with Crippen LogP contribution in [-0.4, -0.2) is 224 Å². The first-order valence-electron chi connectivity index (χ1n) is 44.0. The van der Waals surface area contributed by atoms with Crippen LogP contribution in [0, 0.1) is 35.5 Å². The molecule has 3 N–H and O–H groups in total. The smallest absolute Gasteiger partial charge is 0.336 e. The van der Waals surface area contributed by atoms with E-state index in [2.05, 4.69) is 0 Å². The Hall–Kier alpha value is -9.29. The van der Waals surface area contributed by atoms with Crippen LogP contribution in [0.15, 0.2) is 43.2 Å². The predicted molar refractivity (Wildman–Crippen MR) is 422 cm³/mol. The molecule has 3 aromatic rings. The molecular weight excluding hydrogens is 1620 g/mol. The fourth-order valence-electron chi connectivity index (χ4n) is 18.0. The highest BCUT2D eigenvalue weighted by Gasteiger charge is 2.49. The van der Waals surface area contributed by atoms with E-state index in [0.29, 0.717) is 97.6 Å². The minimum absolute atomic E-state index is 0.0145. The molecule has 41 nitrogen and oxygen atoms in total. The van der Waals surface area contributed by atoms with Gasteiger partial charge in [0.05, 0.1) is 132 Å². The molecule has 18 unspecified atom stereocenters. The van der Waals surface area contributed by atoms with E-state index in [-0.39, 0.29) is 183 Å². The molecule has 0 radical (unpaired) electrons. The Bertz CT molecular complexity index is 4610. The summed E-state index contributed by atoms with van der Waals surface area (Å²) in [6.07, 6.45) is 20.8. The summed E-state index contributed by atoms with van der Waals surface area (Å²) in [5, 5.41) is 27.6. The van der Waals surface area contributed by atoms with E-state index in [0.717, 1.165) is 148 Å². The Kier molecular flexibility index (Phi) is 31.7. The minimum atomic E-state index is -1.43. The van der Waals surface area contributed by atoms with Crippen LogP contribution < -0.4 is 51.2 Å². The molecule has 12 aliphatic rings. The van der Waals surface area contributed by atoms with Gasteiger partial charge in [-0.15, -0.1) is 0 Å². The Morgan fingerprint density at radius 1 is 0.244 bits per heavy atom. The molecule has 6 saturated carbocycles. The van der Waals surface area contributed by atoms with Crippen molar-refractivity contribution >= 4 is 47.8 Å². The normalized spacial score (nSPS) is 27.8. The SMILES string of the molecule is O=C(CCCn1c(=O)n(CCO)c(=O)n(CCCC(=O)OCC2CCC3OC3C2)c1=O)OCC1CCC2OC2C1.O=C(O)CCn1c(=O)n(CCCC(=O)OCC2CCC3OC3C2)c(=O)n(CCCC(=O)OCC2CCC3OC3C2)c1=O.O=C(O)Cn1c(=O)n(CCCC(=O)OCC2CCC3OC3C2)c(=O)n(CCCC(=O)OCC2CCC3OC3C2)c1=O. The molecule has 0 bridgehead atoms. The van der Waals surface area contributed by atoms with E-state index < -0.39 is 125 Å². The predicted octanol–water partition coefficient (Wildman–Crippen LogP) is 0.412. The van der Waals surface area contributed by atoms with Gasteiger partial charge >= 0.3 is 99.0 Å². The molecule has 41 heteroatoms. The highest BCUT2D eigenvalue weighted by molar-refractivity contribution is 5.71. The number of carbonyl (C=O) groups is 8. The number of ether oxygens (including phenoxy) is 12. The van der Waals surface area contributed by atoms with Crippen molar-refractivity contribution in [3.63, 3.8) is 0 Å². The van der Waals surface area contributed by atoms with Crippen LogP contribution in [-0.2, 0) is 154 Å². The number of nitrogens with zero attached hydrogens (tertiary/aromatic N) is 9. The number of aliphatic hydroxyl groups excluding tert-OH is 1. The maximum atomic E-state index is 13.1. The molecular formula is C82H115N9O32. The molecule has 15 rings (SSSR count). The fraction of sp³-hybridized carbons (Fsp3) is 0.793. The third-order valence-electron chi connectivity index (χ3n) is 25.5. The van der Waals surface area contributed by atoms with Gasteiger partial charge in [-0.2, -0.15) is 0 Å². The van der Waals surface area contributed by atoms with Gasteiger partial charge in [0, 0.05) is 84.3 Å². The molecule has 9 heterocycles. The van der Waals surface area contributed by atoms with Crippen molar-refractivity contribution in [3.8, 4) is 0 Å². The lowest BCUT2D eigenvalue weighted by Gasteiger charge is -2.18. The number of rotatable bonds is 43. The van der Waals surface area contributed by atoms with Crippen molar-refractivity contribution in [3.05, 3.63) is 94.4 Å². The van der Waals surface area contributed by atoms with Gasteiger partial charge in [0.2, 0.25) is 0 Å². The number of carboxylic acid groups (broad SMARTS) is 2. The van der Waals surface area contributed by atoms with Gasteiger partial charge in [0.25, 0.3) is 0 Å². The minimum Gasteiger partial charge on any atom is -0.481 e. The molecule has 0 aromatic carbocycles. The molecule has 6 saturated heterocycles. The average molecular weight is 1740 g/mol. The quantitative estimate of drug-likeness (QED) is 0.0392. The van der Waals surface area contributed by atoms with E-state index >= 15 is 0 Å². The molecule has 12 fully saturated rings. The van der Waals surface area contributed by atoms with Gasteiger partial charge in [0.1, 0.15) is 6.54 Å². The fourth-order valence-corrected chi connectivity index (χ4v) is 18.0. The number of carbonyl (C=O) groups excluding carboxylic acids is 6. The van der Waals surface area contributed by atoms with Gasteiger partial charge in [-0.1, -0.05) is 0 Å². The molecule has 0 spiro atoms. The van der Waals surface area contributed by atoms with E-state index in [1.807, 2.05) is 0 Å². The first-order chi connectivity index (χ1) is 59.2. The van der Waals surface area contributed by atoms with Crippen LogP contribution in [0.2, 0.25) is 0 Å². The lowest BCUT2D eigenvalue weighted by molar-refractivity contribution is -0.146. The van der Waals surface area contributed by atoms with Crippen molar-refractivity contribution in [2.75, 3.05) is 46.2 Å². The zero-order chi connectivity index (χ0) is 87.1. The maximum absolute atomic E-state index is 13.1. The summed E-state index contributed by atoms with van der Waals surface area (Å²) in [4.78, 5) is 212. The number of esters is 6. The largest absolute Gasteiger partial charge is 0.481 e. The van der Waals surface area contributed by atoms with Crippen molar-refractivity contribution in [1.82, 2.24) is 41.1 Å². The van der Waals surface area contributed by atoms with E-state index in [9.17, 15) is 91.7 Å². The standard InChI is InChI=1S/C28H39N3O11.C27H37N3O11.C27H39N3O10/c32-23(33)9-12-31-27(37)29(10-1-3-24(34)39-15-17-5-7-19-21(13-17)41-19)26(36)30(28(31)38)11-2-4-25(35)40-16-18-6-8-20-22(14-18)42-20;31-22(32)13-30-26(36)28(9-1-3-23(33)38-14-16-5-7-18-20(11-16)40-18)25(35)29(27(30)37)10-2-4-24(34)39-15-17-6-8-19-21(12-17)41-19;31-12-11-30-26(35)28(9-1-3-23(32)37-15-17-5-7-19-21(13-17)39-19)25(34)29(27(30)36)10-2-4-24(33)38-16-18-6-8-20-22(14-18)40-20/h17-22H,1-16H2,(H,32,33);16-21H,1-15H2,(H,31,32);17-22,31H,1-16H2. The number of carboxylic acids is 2.